The van der Waals surface area contributed by atoms with Gasteiger partial charge in [0.15, 0.2) is 5.82 Å². The summed E-state index contributed by atoms with van der Waals surface area (Å²) >= 11 is 5.87. The number of carbonyl (C=O) groups is 1. The summed E-state index contributed by atoms with van der Waals surface area (Å²) < 4.78 is 5.19. The van der Waals surface area contributed by atoms with Crippen molar-refractivity contribution in [1.82, 2.24) is 15.5 Å². The fourth-order valence-electron chi connectivity index (χ4n) is 2.10. The predicted molar refractivity (Wildman–Crippen MR) is 86.2 cm³/mol. The zero-order chi connectivity index (χ0) is 16.1. The Balaban J connectivity index is 1.58. The Kier molecular flexibility index (Phi) is 4.68. The third kappa shape index (κ3) is 4.17. The lowest BCUT2D eigenvalue weighted by molar-refractivity contribution is 0.0949. The van der Waals surface area contributed by atoms with E-state index in [1.807, 2.05) is 30.3 Å². The monoisotopic (exact) mass is 327 g/mol. The molecule has 1 aromatic heterocycles. The van der Waals surface area contributed by atoms with E-state index in [-0.39, 0.29) is 12.5 Å². The summed E-state index contributed by atoms with van der Waals surface area (Å²) in [7, 11) is 0. The Bertz CT molecular complexity index is 802. The molecular weight excluding hydrogens is 314 g/mol. The van der Waals surface area contributed by atoms with Crippen molar-refractivity contribution in [3.63, 3.8) is 0 Å². The van der Waals surface area contributed by atoms with E-state index in [2.05, 4.69) is 15.5 Å². The molecule has 23 heavy (non-hydrogen) atoms. The first-order valence-electron chi connectivity index (χ1n) is 7.10. The van der Waals surface area contributed by atoms with Crippen LogP contribution in [-0.4, -0.2) is 16.0 Å². The van der Waals surface area contributed by atoms with Gasteiger partial charge in [0, 0.05) is 10.6 Å². The molecule has 3 rings (SSSR count). The van der Waals surface area contributed by atoms with Crippen LogP contribution in [0, 0.1) is 0 Å². The van der Waals surface area contributed by atoms with Crippen molar-refractivity contribution in [2.75, 3.05) is 0 Å². The van der Waals surface area contributed by atoms with Gasteiger partial charge >= 0.3 is 0 Å². The molecule has 5 nitrogen and oxygen atoms in total. The fourth-order valence-corrected chi connectivity index (χ4v) is 2.29. The summed E-state index contributed by atoms with van der Waals surface area (Å²) in [5, 5.41) is 7.12. The minimum atomic E-state index is -0.234. The number of benzene rings is 2. The van der Waals surface area contributed by atoms with Crippen LogP contribution in [0.3, 0.4) is 0 Å². The molecule has 0 saturated heterocycles. The minimum absolute atomic E-state index is 0.198. The van der Waals surface area contributed by atoms with Crippen LogP contribution in [0.2, 0.25) is 5.02 Å². The number of aromatic nitrogens is 2. The molecule has 0 aliphatic carbocycles. The Hall–Kier alpha value is -2.66. The Labute approximate surface area is 138 Å². The number of rotatable bonds is 5. The maximum absolute atomic E-state index is 12.0. The second kappa shape index (κ2) is 7.07. The maximum atomic E-state index is 12.0. The fraction of sp³-hybridized carbons (Fsp3) is 0.118. The van der Waals surface area contributed by atoms with Crippen molar-refractivity contribution in [2.45, 2.75) is 13.0 Å². The Morgan fingerprint density at radius 1 is 1.13 bits per heavy atom. The highest BCUT2D eigenvalue weighted by atomic mass is 35.5. The van der Waals surface area contributed by atoms with Gasteiger partial charge < -0.3 is 9.84 Å². The summed E-state index contributed by atoms with van der Waals surface area (Å²) in [6.07, 6.45) is 0.566. The number of carbonyl (C=O) groups excluding carboxylic acids is 1. The van der Waals surface area contributed by atoms with E-state index >= 15 is 0 Å². The molecule has 0 radical (unpaired) electrons. The van der Waals surface area contributed by atoms with Gasteiger partial charge in [-0.1, -0.05) is 53.2 Å². The molecule has 0 unspecified atom stereocenters. The van der Waals surface area contributed by atoms with Crippen molar-refractivity contribution < 1.29 is 9.32 Å². The molecule has 0 aliphatic rings. The largest absolute Gasteiger partial charge is 0.345 e. The van der Waals surface area contributed by atoms with E-state index in [0.29, 0.717) is 28.7 Å². The number of hydrogen-bond donors (Lipinski definition) is 1. The first-order valence-corrected chi connectivity index (χ1v) is 7.47. The first-order chi connectivity index (χ1) is 11.2. The second-order valence-corrected chi connectivity index (χ2v) is 5.40. The number of hydrogen-bond acceptors (Lipinski definition) is 4. The summed E-state index contributed by atoms with van der Waals surface area (Å²) in [6, 6.07) is 16.6. The molecular formula is C17H14ClN3O2. The normalized spacial score (nSPS) is 10.5. The zero-order valence-corrected chi connectivity index (χ0v) is 13.0. The molecule has 1 amide bonds. The van der Waals surface area contributed by atoms with Crippen LogP contribution in [0.5, 0.6) is 0 Å². The summed E-state index contributed by atoms with van der Waals surface area (Å²) in [5.41, 5.74) is 1.58. The molecule has 0 bridgehead atoms. The third-order valence-electron chi connectivity index (χ3n) is 3.20. The highest BCUT2D eigenvalue weighted by molar-refractivity contribution is 6.30. The van der Waals surface area contributed by atoms with Gasteiger partial charge in [-0.25, -0.2) is 0 Å². The van der Waals surface area contributed by atoms with E-state index in [1.54, 1.807) is 24.3 Å². The van der Waals surface area contributed by atoms with E-state index in [0.717, 1.165) is 5.56 Å². The highest BCUT2D eigenvalue weighted by Crippen LogP contribution is 2.11. The smallest absolute Gasteiger partial charge is 0.251 e. The molecule has 0 saturated carbocycles. The molecule has 0 spiro atoms. The minimum Gasteiger partial charge on any atom is -0.345 e. The van der Waals surface area contributed by atoms with Gasteiger partial charge in [-0.2, -0.15) is 4.98 Å². The highest BCUT2D eigenvalue weighted by Gasteiger charge is 2.10. The maximum Gasteiger partial charge on any atom is 0.251 e. The average molecular weight is 328 g/mol. The molecule has 6 heteroatoms. The van der Waals surface area contributed by atoms with E-state index in [4.69, 9.17) is 16.1 Å². The molecule has 1 heterocycles. The van der Waals surface area contributed by atoms with Gasteiger partial charge in [0.1, 0.15) is 0 Å². The van der Waals surface area contributed by atoms with Crippen molar-refractivity contribution in [1.29, 1.82) is 0 Å². The molecule has 3 aromatic rings. The molecule has 116 valence electrons. The number of nitrogens with one attached hydrogen (secondary N) is 1. The van der Waals surface area contributed by atoms with Gasteiger partial charge in [-0.05, 0) is 23.8 Å². The van der Waals surface area contributed by atoms with E-state index < -0.39 is 0 Å². The first kappa shape index (κ1) is 15.2. The predicted octanol–water partition coefficient (Wildman–Crippen LogP) is 3.24. The van der Waals surface area contributed by atoms with Crippen LogP contribution in [-0.2, 0) is 13.0 Å². The number of nitrogens with zero attached hydrogens (tertiary/aromatic N) is 2. The standard InChI is InChI=1S/C17H14ClN3O2/c18-14-8-4-7-13(10-14)17(22)19-11-15-20-16(23-21-15)9-12-5-2-1-3-6-12/h1-8,10H,9,11H2,(H,19,22). The van der Waals surface area contributed by atoms with Gasteiger partial charge in [0.25, 0.3) is 5.91 Å². The number of halogens is 1. The molecule has 0 fully saturated rings. The molecule has 2 aromatic carbocycles. The van der Waals surface area contributed by atoms with Gasteiger partial charge in [0.05, 0.1) is 13.0 Å². The van der Waals surface area contributed by atoms with Crippen LogP contribution < -0.4 is 5.32 Å². The average Bonchev–Trinajstić information content (AvgIpc) is 3.01. The van der Waals surface area contributed by atoms with Crippen LogP contribution in [0.15, 0.2) is 59.1 Å². The lowest BCUT2D eigenvalue weighted by Gasteiger charge is -2.02. The number of amides is 1. The van der Waals surface area contributed by atoms with Gasteiger partial charge in [-0.3, -0.25) is 4.79 Å². The van der Waals surface area contributed by atoms with Gasteiger partial charge in [-0.15, -0.1) is 0 Å². The van der Waals surface area contributed by atoms with Crippen LogP contribution in [0.25, 0.3) is 0 Å². The summed E-state index contributed by atoms with van der Waals surface area (Å²) in [5.74, 6) is 0.719. The SMILES string of the molecule is O=C(NCc1noc(Cc2ccccc2)n1)c1cccc(Cl)c1. The molecule has 1 N–H and O–H groups in total. The lowest BCUT2D eigenvalue weighted by Crippen LogP contribution is -2.23. The van der Waals surface area contributed by atoms with Crippen LogP contribution in [0.1, 0.15) is 27.6 Å². The van der Waals surface area contributed by atoms with Crippen molar-refractivity contribution in [3.05, 3.63) is 82.5 Å². The van der Waals surface area contributed by atoms with Crippen LogP contribution >= 0.6 is 11.6 Å². The van der Waals surface area contributed by atoms with Crippen molar-refractivity contribution >= 4 is 17.5 Å². The Morgan fingerprint density at radius 2 is 1.96 bits per heavy atom. The van der Waals surface area contributed by atoms with E-state index in [9.17, 15) is 4.79 Å². The van der Waals surface area contributed by atoms with E-state index in [1.165, 1.54) is 0 Å². The van der Waals surface area contributed by atoms with Crippen molar-refractivity contribution in [3.8, 4) is 0 Å². The quantitative estimate of drug-likeness (QED) is 0.781. The second-order valence-electron chi connectivity index (χ2n) is 4.96. The van der Waals surface area contributed by atoms with Crippen molar-refractivity contribution in [2.24, 2.45) is 0 Å². The zero-order valence-electron chi connectivity index (χ0n) is 12.2. The lowest BCUT2D eigenvalue weighted by atomic mass is 10.1. The Morgan fingerprint density at radius 3 is 2.74 bits per heavy atom. The third-order valence-corrected chi connectivity index (χ3v) is 3.44. The van der Waals surface area contributed by atoms with Gasteiger partial charge in [0.2, 0.25) is 5.89 Å². The van der Waals surface area contributed by atoms with Crippen LogP contribution in [0.4, 0.5) is 0 Å². The topological polar surface area (TPSA) is 68.0 Å². The molecule has 0 aliphatic heterocycles. The summed E-state index contributed by atoms with van der Waals surface area (Å²) in [6.45, 7) is 0.198. The molecule has 0 atom stereocenters. The summed E-state index contributed by atoms with van der Waals surface area (Å²) in [4.78, 5) is 16.3.